The first-order valence-corrected chi connectivity index (χ1v) is 7.79. The molecule has 0 bridgehead atoms. The summed E-state index contributed by atoms with van der Waals surface area (Å²) < 4.78 is 7.61. The molecule has 110 valence electrons. The molecule has 0 saturated heterocycles. The summed E-state index contributed by atoms with van der Waals surface area (Å²) in [4.78, 5) is 4.62. The number of aromatic nitrogens is 2. The number of para-hydroxylation sites is 1. The van der Waals surface area contributed by atoms with Gasteiger partial charge in [0.1, 0.15) is 17.1 Å². The Labute approximate surface area is 125 Å². The average Bonchev–Trinajstić information content (AvgIpc) is 2.81. The van der Waals surface area contributed by atoms with E-state index >= 15 is 0 Å². The van der Waals surface area contributed by atoms with Gasteiger partial charge in [0.05, 0.1) is 18.5 Å². The van der Waals surface area contributed by atoms with Gasteiger partial charge in [0.15, 0.2) is 0 Å². The predicted octanol–water partition coefficient (Wildman–Crippen LogP) is 4.61. The van der Waals surface area contributed by atoms with Crippen molar-refractivity contribution in [2.45, 2.75) is 45.5 Å². The highest BCUT2D eigenvalue weighted by Crippen LogP contribution is 2.27. The van der Waals surface area contributed by atoms with Gasteiger partial charge >= 0.3 is 0 Å². The van der Waals surface area contributed by atoms with Crippen LogP contribution >= 0.6 is 11.6 Å². The Morgan fingerprint density at radius 2 is 2.10 bits per heavy atom. The maximum Gasteiger partial charge on any atom is 0.146 e. The number of benzene rings is 1. The molecule has 0 aliphatic carbocycles. The fourth-order valence-corrected chi connectivity index (χ4v) is 2.71. The number of halogens is 1. The van der Waals surface area contributed by atoms with Crippen LogP contribution in [0.2, 0.25) is 0 Å². The third-order valence-electron chi connectivity index (χ3n) is 3.57. The van der Waals surface area contributed by atoms with Gasteiger partial charge in [0.25, 0.3) is 0 Å². The summed E-state index contributed by atoms with van der Waals surface area (Å²) in [6, 6.07) is 6.03. The number of methoxy groups -OCH3 is 1. The standard InChI is InChI=1S/C16H23ClN2O/c1-12(2)7-4-5-10-19-13-8-6-9-14(20-3)16(13)18-15(19)11-17/h6,8-9,12H,4-5,7,10-11H2,1-3H3. The Kier molecular flexibility index (Phi) is 5.30. The molecule has 3 nitrogen and oxygen atoms in total. The van der Waals surface area contributed by atoms with Gasteiger partial charge in [0.2, 0.25) is 0 Å². The minimum absolute atomic E-state index is 0.433. The van der Waals surface area contributed by atoms with Crippen molar-refractivity contribution in [2.24, 2.45) is 5.92 Å². The lowest BCUT2D eigenvalue weighted by atomic mass is 10.1. The first-order chi connectivity index (χ1) is 9.67. The van der Waals surface area contributed by atoms with Gasteiger partial charge < -0.3 is 9.30 Å². The van der Waals surface area contributed by atoms with E-state index in [9.17, 15) is 0 Å². The van der Waals surface area contributed by atoms with Crippen LogP contribution < -0.4 is 4.74 Å². The highest BCUT2D eigenvalue weighted by atomic mass is 35.5. The van der Waals surface area contributed by atoms with Gasteiger partial charge in [-0.2, -0.15) is 0 Å². The van der Waals surface area contributed by atoms with Crippen LogP contribution in [0.3, 0.4) is 0 Å². The van der Waals surface area contributed by atoms with Crippen molar-refractivity contribution in [2.75, 3.05) is 7.11 Å². The second-order valence-corrected chi connectivity index (χ2v) is 5.80. The number of ether oxygens (including phenoxy) is 1. The minimum Gasteiger partial charge on any atom is -0.494 e. The van der Waals surface area contributed by atoms with E-state index in [-0.39, 0.29) is 0 Å². The van der Waals surface area contributed by atoms with Crippen LogP contribution in [0, 0.1) is 5.92 Å². The summed E-state index contributed by atoms with van der Waals surface area (Å²) in [5.74, 6) is 2.94. The number of hydrogen-bond acceptors (Lipinski definition) is 2. The molecule has 0 amide bonds. The van der Waals surface area contributed by atoms with E-state index in [1.807, 2.05) is 12.1 Å². The van der Waals surface area contributed by atoms with Crippen LogP contribution in [-0.4, -0.2) is 16.7 Å². The fourth-order valence-electron chi connectivity index (χ4n) is 2.51. The molecule has 2 aromatic rings. The van der Waals surface area contributed by atoms with Gasteiger partial charge in [-0.3, -0.25) is 0 Å². The van der Waals surface area contributed by atoms with Crippen molar-refractivity contribution in [1.29, 1.82) is 0 Å². The number of alkyl halides is 1. The van der Waals surface area contributed by atoms with Gasteiger partial charge in [0, 0.05) is 6.54 Å². The van der Waals surface area contributed by atoms with Crippen molar-refractivity contribution in [3.8, 4) is 5.75 Å². The summed E-state index contributed by atoms with van der Waals surface area (Å²) in [6.45, 7) is 5.50. The molecule has 0 fully saturated rings. The van der Waals surface area contributed by atoms with Crippen LogP contribution in [0.15, 0.2) is 18.2 Å². The second kappa shape index (κ2) is 6.98. The lowest BCUT2D eigenvalue weighted by molar-refractivity contribution is 0.419. The molecule has 0 unspecified atom stereocenters. The van der Waals surface area contributed by atoms with Crippen LogP contribution in [0.1, 0.15) is 38.9 Å². The first kappa shape index (κ1) is 15.2. The number of imidazole rings is 1. The molecule has 4 heteroatoms. The second-order valence-electron chi connectivity index (χ2n) is 5.53. The first-order valence-electron chi connectivity index (χ1n) is 7.25. The number of unbranched alkanes of at least 4 members (excludes halogenated alkanes) is 1. The average molecular weight is 295 g/mol. The largest absolute Gasteiger partial charge is 0.494 e. The van der Waals surface area contributed by atoms with Gasteiger partial charge in [-0.25, -0.2) is 4.98 Å². The maximum absolute atomic E-state index is 6.04. The highest BCUT2D eigenvalue weighted by molar-refractivity contribution is 6.16. The van der Waals surface area contributed by atoms with E-state index in [2.05, 4.69) is 29.5 Å². The highest BCUT2D eigenvalue weighted by Gasteiger charge is 2.13. The lowest BCUT2D eigenvalue weighted by Crippen LogP contribution is -2.03. The summed E-state index contributed by atoms with van der Waals surface area (Å²) in [5.41, 5.74) is 2.03. The Hall–Kier alpha value is -1.22. The fraction of sp³-hybridized carbons (Fsp3) is 0.562. The lowest BCUT2D eigenvalue weighted by Gasteiger charge is -2.09. The van der Waals surface area contributed by atoms with Crippen LogP contribution in [0.4, 0.5) is 0 Å². The molecular formula is C16H23ClN2O. The van der Waals surface area contributed by atoms with E-state index in [0.29, 0.717) is 5.88 Å². The zero-order valence-electron chi connectivity index (χ0n) is 12.5. The zero-order chi connectivity index (χ0) is 14.5. The molecule has 0 spiro atoms. The third-order valence-corrected chi connectivity index (χ3v) is 3.81. The molecule has 1 aromatic carbocycles. The minimum atomic E-state index is 0.433. The Morgan fingerprint density at radius 1 is 1.30 bits per heavy atom. The van der Waals surface area contributed by atoms with Gasteiger partial charge in [-0.1, -0.05) is 32.8 Å². The monoisotopic (exact) mass is 294 g/mol. The zero-order valence-corrected chi connectivity index (χ0v) is 13.3. The maximum atomic E-state index is 6.04. The number of hydrogen-bond donors (Lipinski definition) is 0. The van der Waals surface area contributed by atoms with E-state index in [4.69, 9.17) is 16.3 Å². The van der Waals surface area contributed by atoms with Crippen molar-refractivity contribution >= 4 is 22.6 Å². The van der Waals surface area contributed by atoms with Gasteiger partial charge in [-0.15, -0.1) is 11.6 Å². The predicted molar refractivity (Wildman–Crippen MR) is 84.5 cm³/mol. The summed E-state index contributed by atoms with van der Waals surface area (Å²) in [7, 11) is 1.68. The Bertz CT molecular complexity index is 563. The topological polar surface area (TPSA) is 27.1 Å². The van der Waals surface area contributed by atoms with Crippen molar-refractivity contribution in [1.82, 2.24) is 9.55 Å². The number of fused-ring (bicyclic) bond motifs is 1. The molecule has 0 aliphatic heterocycles. The summed E-state index contributed by atoms with van der Waals surface area (Å²) in [5, 5.41) is 0. The molecule has 0 radical (unpaired) electrons. The van der Waals surface area contributed by atoms with E-state index in [0.717, 1.165) is 41.5 Å². The van der Waals surface area contributed by atoms with Crippen LogP contribution in [0.5, 0.6) is 5.75 Å². The molecule has 1 aromatic heterocycles. The molecule has 0 saturated carbocycles. The third kappa shape index (κ3) is 3.26. The van der Waals surface area contributed by atoms with Crippen molar-refractivity contribution < 1.29 is 4.74 Å². The summed E-state index contributed by atoms with van der Waals surface area (Å²) in [6.07, 6.45) is 3.67. The Balaban J connectivity index is 2.22. The van der Waals surface area contributed by atoms with Crippen molar-refractivity contribution in [3.63, 3.8) is 0 Å². The van der Waals surface area contributed by atoms with E-state index in [1.54, 1.807) is 7.11 Å². The van der Waals surface area contributed by atoms with Crippen molar-refractivity contribution in [3.05, 3.63) is 24.0 Å². The van der Waals surface area contributed by atoms with E-state index < -0.39 is 0 Å². The quantitative estimate of drug-likeness (QED) is 0.551. The number of nitrogens with zero attached hydrogens (tertiary/aromatic N) is 2. The Morgan fingerprint density at radius 3 is 2.75 bits per heavy atom. The van der Waals surface area contributed by atoms with Crippen LogP contribution in [0.25, 0.3) is 11.0 Å². The smallest absolute Gasteiger partial charge is 0.146 e. The number of aryl methyl sites for hydroxylation is 1. The van der Waals surface area contributed by atoms with Gasteiger partial charge in [-0.05, 0) is 24.5 Å². The SMILES string of the molecule is COc1cccc2c1nc(CCl)n2CCCCC(C)C. The molecule has 2 rings (SSSR count). The molecule has 1 heterocycles. The number of rotatable bonds is 7. The summed E-state index contributed by atoms with van der Waals surface area (Å²) >= 11 is 6.04. The molecule has 0 aliphatic rings. The van der Waals surface area contributed by atoms with Crippen LogP contribution in [-0.2, 0) is 12.4 Å². The van der Waals surface area contributed by atoms with E-state index in [1.165, 1.54) is 12.8 Å². The molecule has 0 N–H and O–H groups in total. The normalized spacial score (nSPS) is 11.4. The molecule has 20 heavy (non-hydrogen) atoms. The molecular weight excluding hydrogens is 272 g/mol. The molecule has 0 atom stereocenters.